The molecule has 1 heterocycles. The maximum absolute atomic E-state index is 12.0. The smallest absolute Gasteiger partial charge is 0.346 e. The zero-order valence-corrected chi connectivity index (χ0v) is 17.6. The molecule has 0 aromatic rings. The van der Waals surface area contributed by atoms with Crippen molar-refractivity contribution in [2.45, 2.75) is 41.8 Å². The number of carbonyl (C=O) groups excluding carboxylic acids is 1. The summed E-state index contributed by atoms with van der Waals surface area (Å²) in [6, 6.07) is -1.34. The predicted molar refractivity (Wildman–Crippen MR) is 107 cm³/mol. The molecule has 0 saturated carbocycles. The van der Waals surface area contributed by atoms with E-state index in [1.54, 1.807) is 0 Å². The number of thioether (sulfide) groups is 1. The second-order valence-corrected chi connectivity index (χ2v) is 7.98. The van der Waals surface area contributed by atoms with Gasteiger partial charge in [-0.05, 0) is 0 Å². The molecule has 1 saturated heterocycles. The van der Waals surface area contributed by atoms with Gasteiger partial charge in [0.05, 0.1) is 38.6 Å². The van der Waals surface area contributed by atoms with Crippen molar-refractivity contribution in [1.29, 1.82) is 0 Å². The van der Waals surface area contributed by atoms with Crippen LogP contribution in [0.1, 0.15) is 6.42 Å². The molecule has 1 rings (SSSR count). The highest BCUT2D eigenvalue weighted by molar-refractivity contribution is 8.01. The van der Waals surface area contributed by atoms with Crippen molar-refractivity contribution in [3.63, 3.8) is 0 Å². The molecule has 0 bridgehead atoms. The lowest BCUT2D eigenvalue weighted by atomic mass is 9.89. The van der Waals surface area contributed by atoms with Crippen LogP contribution in [0.2, 0.25) is 0 Å². The number of terminal acetylenes is 1. The summed E-state index contributed by atoms with van der Waals surface area (Å²) in [4.78, 5) is 21.6. The fourth-order valence-electron chi connectivity index (χ4n) is 2.89. The van der Waals surface area contributed by atoms with Crippen LogP contribution >= 0.6 is 11.8 Å². The lowest BCUT2D eigenvalue weighted by Gasteiger charge is -2.46. The molecular formula is C18H29NO11S. The Labute approximate surface area is 183 Å². The maximum Gasteiger partial charge on any atom is 0.346 e. The Balaban J connectivity index is 2.87. The Morgan fingerprint density at radius 3 is 2.52 bits per heavy atom. The first-order chi connectivity index (χ1) is 14.7. The van der Waals surface area contributed by atoms with Crippen LogP contribution in [0, 0.1) is 12.3 Å². The Kier molecular flexibility index (Phi) is 12.3. The largest absolute Gasteiger partial charge is 0.478 e. The van der Waals surface area contributed by atoms with Gasteiger partial charge in [0.1, 0.15) is 31.5 Å². The van der Waals surface area contributed by atoms with E-state index in [0.717, 1.165) is 11.8 Å². The quantitative estimate of drug-likeness (QED) is 0.0985. The van der Waals surface area contributed by atoms with Gasteiger partial charge in [-0.3, -0.25) is 4.79 Å². The van der Waals surface area contributed by atoms with E-state index in [4.69, 9.17) is 30.8 Å². The molecule has 13 heteroatoms. The van der Waals surface area contributed by atoms with E-state index < -0.39 is 66.9 Å². The highest BCUT2D eigenvalue weighted by atomic mass is 32.2. The number of hydrogen-bond donors (Lipinski definition) is 7. The molecular weight excluding hydrogens is 438 g/mol. The summed E-state index contributed by atoms with van der Waals surface area (Å²) in [7, 11) is 0. The van der Waals surface area contributed by atoms with Gasteiger partial charge in [0.15, 0.2) is 0 Å². The van der Waals surface area contributed by atoms with Crippen molar-refractivity contribution >= 4 is 23.6 Å². The molecule has 1 amide bonds. The van der Waals surface area contributed by atoms with E-state index in [2.05, 4.69) is 11.2 Å². The SMILES string of the molecule is C#CCOCCOCCS[C@]1(C(=O)O)C[C@H](O)[C@@H](NC(=O)CO)[C@H]([C@H](O)[C@H](O)CO)O1. The molecule has 1 aliphatic rings. The second-order valence-electron chi connectivity index (χ2n) is 6.62. The van der Waals surface area contributed by atoms with Gasteiger partial charge in [-0.15, -0.1) is 18.2 Å². The van der Waals surface area contributed by atoms with Crippen LogP contribution in [-0.2, 0) is 23.8 Å². The Morgan fingerprint density at radius 2 is 1.94 bits per heavy atom. The molecule has 7 N–H and O–H groups in total. The van der Waals surface area contributed by atoms with Crippen LogP contribution in [-0.4, -0.2) is 123 Å². The van der Waals surface area contributed by atoms with Gasteiger partial charge in [0.2, 0.25) is 10.8 Å². The van der Waals surface area contributed by atoms with Crippen molar-refractivity contribution in [3.8, 4) is 12.3 Å². The molecule has 0 spiro atoms. The number of ether oxygens (including phenoxy) is 3. The fourth-order valence-corrected chi connectivity index (χ4v) is 4.01. The van der Waals surface area contributed by atoms with E-state index in [0.29, 0.717) is 0 Å². The number of carbonyl (C=O) groups is 2. The number of rotatable bonds is 14. The molecule has 0 aliphatic carbocycles. The fraction of sp³-hybridized carbons (Fsp3) is 0.778. The summed E-state index contributed by atoms with van der Waals surface area (Å²) in [6.45, 7) is -1.05. The number of nitrogens with one attached hydrogen (secondary N) is 1. The molecule has 1 fully saturated rings. The van der Waals surface area contributed by atoms with Gasteiger partial charge < -0.3 is 50.2 Å². The molecule has 0 aromatic heterocycles. The molecule has 178 valence electrons. The topological polar surface area (TPSA) is 195 Å². The highest BCUT2D eigenvalue weighted by Crippen LogP contribution is 2.40. The van der Waals surface area contributed by atoms with Crippen LogP contribution in [0.5, 0.6) is 0 Å². The average molecular weight is 467 g/mol. The minimum Gasteiger partial charge on any atom is -0.478 e. The molecule has 0 radical (unpaired) electrons. The number of aliphatic hydroxyl groups excluding tert-OH is 5. The van der Waals surface area contributed by atoms with Crippen LogP contribution in [0.3, 0.4) is 0 Å². The van der Waals surface area contributed by atoms with Crippen LogP contribution < -0.4 is 5.32 Å². The highest BCUT2D eigenvalue weighted by Gasteiger charge is 2.55. The summed E-state index contributed by atoms with van der Waals surface area (Å²) < 4.78 is 15.9. The molecule has 6 atom stereocenters. The maximum atomic E-state index is 12.0. The zero-order chi connectivity index (χ0) is 23.4. The van der Waals surface area contributed by atoms with Gasteiger partial charge in [-0.25, -0.2) is 4.79 Å². The second kappa shape index (κ2) is 13.8. The van der Waals surface area contributed by atoms with Crippen molar-refractivity contribution in [2.75, 3.05) is 45.4 Å². The van der Waals surface area contributed by atoms with E-state index in [1.165, 1.54) is 0 Å². The van der Waals surface area contributed by atoms with Gasteiger partial charge in [-0.2, -0.15) is 0 Å². The third kappa shape index (κ3) is 8.19. The minimum absolute atomic E-state index is 0.121. The van der Waals surface area contributed by atoms with Gasteiger partial charge in [0, 0.05) is 12.2 Å². The van der Waals surface area contributed by atoms with Gasteiger partial charge >= 0.3 is 5.97 Å². The first-order valence-electron chi connectivity index (χ1n) is 9.41. The Bertz CT molecular complexity index is 616. The van der Waals surface area contributed by atoms with E-state index in [9.17, 15) is 30.0 Å². The van der Waals surface area contributed by atoms with Gasteiger partial charge in [0.25, 0.3) is 0 Å². The third-order valence-electron chi connectivity index (χ3n) is 4.41. The minimum atomic E-state index is -2.02. The third-order valence-corrected chi connectivity index (χ3v) is 5.68. The summed E-state index contributed by atoms with van der Waals surface area (Å²) >= 11 is 0.795. The normalized spacial score (nSPS) is 27.8. The number of hydrogen-bond acceptors (Lipinski definition) is 11. The van der Waals surface area contributed by atoms with Crippen molar-refractivity contribution < 1.29 is 54.4 Å². The lowest BCUT2D eigenvalue weighted by Crippen LogP contribution is -2.66. The van der Waals surface area contributed by atoms with Crippen LogP contribution in [0.25, 0.3) is 0 Å². The first-order valence-corrected chi connectivity index (χ1v) is 10.4. The first kappa shape index (κ1) is 27.6. The molecule has 12 nitrogen and oxygen atoms in total. The number of aliphatic hydroxyl groups is 5. The summed E-state index contributed by atoms with van der Waals surface area (Å²) in [5.74, 6) is 0.0783. The Morgan fingerprint density at radius 1 is 1.26 bits per heavy atom. The average Bonchev–Trinajstić information content (AvgIpc) is 2.75. The van der Waals surface area contributed by atoms with Gasteiger partial charge in [-0.1, -0.05) is 5.92 Å². The number of carboxylic acids is 1. The molecule has 31 heavy (non-hydrogen) atoms. The number of amides is 1. The number of aliphatic carboxylic acids is 1. The number of carboxylic acid groups (broad SMARTS) is 1. The summed E-state index contributed by atoms with van der Waals surface area (Å²) in [5, 5.41) is 60.7. The predicted octanol–water partition coefficient (Wildman–Crippen LogP) is -3.49. The lowest BCUT2D eigenvalue weighted by molar-refractivity contribution is -0.205. The van der Waals surface area contributed by atoms with Crippen molar-refractivity contribution in [3.05, 3.63) is 0 Å². The monoisotopic (exact) mass is 467 g/mol. The van der Waals surface area contributed by atoms with E-state index in [1.807, 2.05) is 0 Å². The molecule has 1 aliphatic heterocycles. The van der Waals surface area contributed by atoms with Crippen molar-refractivity contribution in [2.24, 2.45) is 0 Å². The van der Waals surface area contributed by atoms with Crippen LogP contribution in [0.4, 0.5) is 0 Å². The van der Waals surface area contributed by atoms with Crippen LogP contribution in [0.15, 0.2) is 0 Å². The Hall–Kier alpha value is -1.47. The summed E-state index contributed by atoms with van der Waals surface area (Å²) in [5.41, 5.74) is 0. The van der Waals surface area contributed by atoms with E-state index in [-0.39, 0.29) is 32.2 Å². The molecule has 0 unspecified atom stereocenters. The van der Waals surface area contributed by atoms with E-state index >= 15 is 0 Å². The zero-order valence-electron chi connectivity index (χ0n) is 16.8. The van der Waals surface area contributed by atoms with Crippen molar-refractivity contribution in [1.82, 2.24) is 5.32 Å². The summed E-state index contributed by atoms with van der Waals surface area (Å²) in [6.07, 6.45) is -2.09. The molecule has 0 aromatic carbocycles. The standard InChI is InChI=1S/C18H29NO11S/c1-2-3-28-4-5-29-6-7-31-18(17(26)27)8-11(22)14(19-13(24)10-21)16(30-18)15(25)12(23)9-20/h1,11-12,14-16,20-23,25H,3-10H2,(H,19,24)(H,26,27)/t11-,12+,14+,15+,16+,18-/m0/s1.